The van der Waals surface area contributed by atoms with Crippen LogP contribution in [0.1, 0.15) is 11.1 Å². The number of hydrogen-bond acceptors (Lipinski definition) is 2. The zero-order valence-electron chi connectivity index (χ0n) is 8.94. The van der Waals surface area contributed by atoms with E-state index < -0.39 is 0 Å². The van der Waals surface area contributed by atoms with Gasteiger partial charge in [-0.2, -0.15) is 0 Å². The van der Waals surface area contributed by atoms with Gasteiger partial charge in [0, 0.05) is 17.7 Å². The molecule has 0 radical (unpaired) electrons. The maximum Gasteiger partial charge on any atom is 0.0947 e. The average molecular weight is 211 g/mol. The molecule has 0 atom stereocenters. The van der Waals surface area contributed by atoms with Gasteiger partial charge in [0.25, 0.3) is 0 Å². The fourth-order valence-electron chi connectivity index (χ4n) is 1.33. The van der Waals surface area contributed by atoms with Gasteiger partial charge in [-0.3, -0.25) is 0 Å². The van der Waals surface area contributed by atoms with Crippen molar-refractivity contribution >= 4 is 0 Å². The molecule has 0 aliphatic heterocycles. The molecule has 80 valence electrons. The Hall–Kier alpha value is -1.98. The van der Waals surface area contributed by atoms with Gasteiger partial charge < -0.3 is 9.73 Å². The van der Waals surface area contributed by atoms with Crippen LogP contribution < -0.4 is 5.32 Å². The molecule has 1 aromatic heterocycles. The molecule has 1 N–H and O–H groups in total. The summed E-state index contributed by atoms with van der Waals surface area (Å²) in [7, 11) is 0. The van der Waals surface area contributed by atoms with E-state index in [2.05, 4.69) is 17.2 Å². The van der Waals surface area contributed by atoms with Crippen LogP contribution in [0.2, 0.25) is 0 Å². The highest BCUT2D eigenvalue weighted by molar-refractivity contribution is 5.33. The van der Waals surface area contributed by atoms with Crippen LogP contribution in [0.25, 0.3) is 0 Å². The van der Waals surface area contributed by atoms with Crippen molar-refractivity contribution in [1.82, 2.24) is 5.32 Å². The highest BCUT2D eigenvalue weighted by Crippen LogP contribution is 1.98. The van der Waals surface area contributed by atoms with Gasteiger partial charge in [-0.1, -0.05) is 30.0 Å². The summed E-state index contributed by atoms with van der Waals surface area (Å²) >= 11 is 0. The minimum atomic E-state index is 0.681. The fraction of sp³-hybridized carbons (Fsp3) is 0.143. The Bertz CT molecular complexity index is 462. The van der Waals surface area contributed by atoms with E-state index in [4.69, 9.17) is 4.42 Å². The lowest BCUT2D eigenvalue weighted by molar-refractivity contribution is 0.562. The lowest BCUT2D eigenvalue weighted by atomic mass is 10.2. The van der Waals surface area contributed by atoms with Crippen LogP contribution in [0.3, 0.4) is 0 Å². The van der Waals surface area contributed by atoms with Crippen molar-refractivity contribution < 1.29 is 4.42 Å². The van der Waals surface area contributed by atoms with E-state index in [0.29, 0.717) is 6.54 Å². The molecule has 2 aromatic rings. The fourth-order valence-corrected chi connectivity index (χ4v) is 1.33. The van der Waals surface area contributed by atoms with Crippen LogP contribution >= 0.6 is 0 Å². The Labute approximate surface area is 95.3 Å². The van der Waals surface area contributed by atoms with E-state index in [0.717, 1.165) is 17.7 Å². The maximum absolute atomic E-state index is 4.96. The van der Waals surface area contributed by atoms with Gasteiger partial charge in [0.1, 0.15) is 0 Å². The van der Waals surface area contributed by atoms with Crippen molar-refractivity contribution in [2.45, 2.75) is 6.54 Å². The van der Waals surface area contributed by atoms with Crippen molar-refractivity contribution in [1.29, 1.82) is 0 Å². The molecule has 2 heteroatoms. The monoisotopic (exact) mass is 211 g/mol. The second-order valence-electron chi connectivity index (χ2n) is 3.40. The topological polar surface area (TPSA) is 25.2 Å². The summed E-state index contributed by atoms with van der Waals surface area (Å²) in [5.41, 5.74) is 2.19. The largest absolute Gasteiger partial charge is 0.472 e. The third kappa shape index (κ3) is 3.30. The molecule has 0 aliphatic rings. The lowest BCUT2D eigenvalue weighted by Crippen LogP contribution is -2.12. The Morgan fingerprint density at radius 1 is 1.12 bits per heavy atom. The zero-order valence-corrected chi connectivity index (χ0v) is 8.94. The Balaban J connectivity index is 1.74. The van der Waals surface area contributed by atoms with Gasteiger partial charge in [0.15, 0.2) is 0 Å². The average Bonchev–Trinajstić information content (AvgIpc) is 2.83. The van der Waals surface area contributed by atoms with E-state index in [1.807, 2.05) is 36.4 Å². The molecule has 0 amide bonds. The molecule has 1 heterocycles. The Morgan fingerprint density at radius 2 is 2.00 bits per heavy atom. The molecule has 0 spiro atoms. The summed E-state index contributed by atoms with van der Waals surface area (Å²) in [6.07, 6.45) is 3.41. The van der Waals surface area contributed by atoms with Crippen LogP contribution in [0.15, 0.2) is 53.3 Å². The van der Waals surface area contributed by atoms with Crippen molar-refractivity contribution in [3.05, 3.63) is 60.1 Å². The molecular weight excluding hydrogens is 198 g/mol. The van der Waals surface area contributed by atoms with Crippen molar-refractivity contribution in [3.63, 3.8) is 0 Å². The molecule has 0 saturated carbocycles. The molecule has 1 aromatic carbocycles. The molecule has 2 nitrogen and oxygen atoms in total. The molecule has 0 fully saturated rings. The van der Waals surface area contributed by atoms with E-state index in [9.17, 15) is 0 Å². The molecule has 2 rings (SSSR count). The number of hydrogen-bond donors (Lipinski definition) is 1. The number of furan rings is 1. The third-order valence-electron chi connectivity index (χ3n) is 2.13. The van der Waals surface area contributed by atoms with Gasteiger partial charge in [0.2, 0.25) is 0 Å². The molecular formula is C14H13NO. The van der Waals surface area contributed by atoms with Gasteiger partial charge in [0.05, 0.1) is 19.1 Å². The van der Waals surface area contributed by atoms with Crippen LogP contribution in [-0.2, 0) is 6.54 Å². The van der Waals surface area contributed by atoms with Gasteiger partial charge in [-0.15, -0.1) is 0 Å². The van der Waals surface area contributed by atoms with Crippen LogP contribution in [0, 0.1) is 11.8 Å². The minimum absolute atomic E-state index is 0.681. The summed E-state index contributed by atoms with van der Waals surface area (Å²) in [5.74, 6) is 6.16. The predicted octanol–water partition coefficient (Wildman–Crippen LogP) is 2.42. The highest BCUT2D eigenvalue weighted by atomic mass is 16.3. The minimum Gasteiger partial charge on any atom is -0.472 e. The second kappa shape index (κ2) is 5.79. The van der Waals surface area contributed by atoms with Crippen LogP contribution in [0.4, 0.5) is 0 Å². The highest BCUT2D eigenvalue weighted by Gasteiger charge is 1.90. The van der Waals surface area contributed by atoms with Crippen LogP contribution in [0.5, 0.6) is 0 Å². The maximum atomic E-state index is 4.96. The Kier molecular flexibility index (Phi) is 3.81. The molecule has 16 heavy (non-hydrogen) atoms. The first-order valence-corrected chi connectivity index (χ1v) is 5.21. The molecule has 0 aliphatic carbocycles. The quantitative estimate of drug-likeness (QED) is 0.623. The van der Waals surface area contributed by atoms with E-state index >= 15 is 0 Å². The van der Waals surface area contributed by atoms with E-state index in [1.165, 1.54) is 0 Å². The van der Waals surface area contributed by atoms with E-state index in [-0.39, 0.29) is 0 Å². The summed E-state index contributed by atoms with van der Waals surface area (Å²) in [6.45, 7) is 1.47. The molecule has 0 unspecified atom stereocenters. The smallest absolute Gasteiger partial charge is 0.0947 e. The second-order valence-corrected chi connectivity index (χ2v) is 3.40. The standard InChI is InChI=1S/C14H13NO/c1-2-5-13(6-3-1)7-4-9-15-11-14-8-10-16-12-14/h1-3,5-6,8,10,12,15H,9,11H2. The summed E-state index contributed by atoms with van der Waals surface area (Å²) < 4.78 is 4.96. The lowest BCUT2D eigenvalue weighted by Gasteiger charge is -1.95. The number of benzene rings is 1. The summed E-state index contributed by atoms with van der Waals surface area (Å²) in [5, 5.41) is 3.22. The third-order valence-corrected chi connectivity index (χ3v) is 2.13. The first-order valence-electron chi connectivity index (χ1n) is 5.21. The predicted molar refractivity (Wildman–Crippen MR) is 63.7 cm³/mol. The van der Waals surface area contributed by atoms with Crippen molar-refractivity contribution in [2.75, 3.05) is 6.54 Å². The number of nitrogens with one attached hydrogen (secondary N) is 1. The first-order chi connectivity index (χ1) is 7.95. The van der Waals surface area contributed by atoms with Crippen molar-refractivity contribution in [2.24, 2.45) is 0 Å². The summed E-state index contributed by atoms with van der Waals surface area (Å²) in [6, 6.07) is 11.9. The first kappa shape index (κ1) is 10.5. The van der Waals surface area contributed by atoms with Crippen molar-refractivity contribution in [3.8, 4) is 11.8 Å². The van der Waals surface area contributed by atoms with Gasteiger partial charge in [-0.05, 0) is 18.2 Å². The molecule has 0 saturated heterocycles. The summed E-state index contributed by atoms with van der Waals surface area (Å²) in [4.78, 5) is 0. The zero-order chi connectivity index (χ0) is 11.1. The van der Waals surface area contributed by atoms with E-state index in [1.54, 1.807) is 12.5 Å². The van der Waals surface area contributed by atoms with Crippen LogP contribution in [-0.4, -0.2) is 6.54 Å². The van der Waals surface area contributed by atoms with Gasteiger partial charge in [-0.25, -0.2) is 0 Å². The normalized spacial score (nSPS) is 9.50. The van der Waals surface area contributed by atoms with Gasteiger partial charge >= 0.3 is 0 Å². The SMILES string of the molecule is C(#Cc1ccccc1)CNCc1ccoc1. The molecule has 0 bridgehead atoms. The Morgan fingerprint density at radius 3 is 2.75 bits per heavy atom. The number of rotatable bonds is 3.